The molecule has 0 aromatic heterocycles. The van der Waals surface area contributed by atoms with Crippen LogP contribution in [0.15, 0.2) is 18.2 Å². The molecule has 1 saturated carbocycles. The lowest BCUT2D eigenvalue weighted by atomic mass is 10.1. The average Bonchev–Trinajstić information content (AvgIpc) is 3.08. The van der Waals surface area contributed by atoms with Gasteiger partial charge in [0.2, 0.25) is 5.91 Å². The van der Waals surface area contributed by atoms with Crippen LogP contribution >= 0.6 is 0 Å². The van der Waals surface area contributed by atoms with Crippen LogP contribution in [0.1, 0.15) is 31.4 Å². The van der Waals surface area contributed by atoms with Crippen LogP contribution in [-0.4, -0.2) is 18.6 Å². The van der Waals surface area contributed by atoms with Gasteiger partial charge >= 0.3 is 0 Å². The van der Waals surface area contributed by atoms with E-state index >= 15 is 0 Å². The Morgan fingerprint density at radius 3 is 2.78 bits per heavy atom. The molecule has 98 valence electrons. The summed E-state index contributed by atoms with van der Waals surface area (Å²) in [7, 11) is 1.47. The fourth-order valence-electron chi connectivity index (χ4n) is 1.89. The summed E-state index contributed by atoms with van der Waals surface area (Å²) in [6.07, 6.45) is 1.36. The van der Waals surface area contributed by atoms with E-state index in [0.717, 1.165) is 0 Å². The molecule has 1 unspecified atom stereocenters. The van der Waals surface area contributed by atoms with E-state index in [0.29, 0.717) is 24.2 Å². The molecule has 0 radical (unpaired) electrons. The van der Waals surface area contributed by atoms with E-state index in [1.165, 1.54) is 13.2 Å². The molecule has 0 spiro atoms. The Balaban J connectivity index is 2.18. The third kappa shape index (κ3) is 2.31. The SMILES string of the molecule is COc1cccc(F)c1C(C)NC(=O)C1(N)CC1. The number of carbonyl (C=O) groups excluding carboxylic acids is 1. The number of halogens is 1. The van der Waals surface area contributed by atoms with E-state index in [1.807, 2.05) is 0 Å². The lowest BCUT2D eigenvalue weighted by Crippen LogP contribution is -2.43. The van der Waals surface area contributed by atoms with Crippen LogP contribution in [0.4, 0.5) is 4.39 Å². The molecule has 18 heavy (non-hydrogen) atoms. The molecule has 0 heterocycles. The van der Waals surface area contributed by atoms with Crippen LogP contribution in [0.5, 0.6) is 5.75 Å². The number of amides is 1. The van der Waals surface area contributed by atoms with Gasteiger partial charge in [-0.15, -0.1) is 0 Å². The third-order valence-corrected chi connectivity index (χ3v) is 3.25. The van der Waals surface area contributed by atoms with Gasteiger partial charge in [-0.2, -0.15) is 0 Å². The number of carbonyl (C=O) groups is 1. The van der Waals surface area contributed by atoms with Crippen LogP contribution in [-0.2, 0) is 4.79 Å². The van der Waals surface area contributed by atoms with Gasteiger partial charge in [0.05, 0.1) is 24.3 Å². The van der Waals surface area contributed by atoms with Crippen LogP contribution in [0.25, 0.3) is 0 Å². The molecule has 1 fully saturated rings. The molecule has 1 atom stereocenters. The highest BCUT2D eigenvalue weighted by Crippen LogP contribution is 2.34. The van der Waals surface area contributed by atoms with Gasteiger partial charge in [0, 0.05) is 0 Å². The normalized spacial score (nSPS) is 18.0. The molecular formula is C13H17FN2O2. The largest absolute Gasteiger partial charge is 0.496 e. The minimum Gasteiger partial charge on any atom is -0.496 e. The first-order chi connectivity index (χ1) is 8.48. The standard InChI is InChI=1S/C13H17FN2O2/c1-8(16-12(17)13(15)6-7-13)11-9(14)4-3-5-10(11)18-2/h3-5,8H,6-7,15H2,1-2H3,(H,16,17). The maximum absolute atomic E-state index is 13.8. The zero-order valence-electron chi connectivity index (χ0n) is 10.5. The van der Waals surface area contributed by atoms with E-state index in [9.17, 15) is 9.18 Å². The molecule has 5 heteroatoms. The lowest BCUT2D eigenvalue weighted by Gasteiger charge is -2.19. The van der Waals surface area contributed by atoms with E-state index in [2.05, 4.69) is 5.32 Å². The topological polar surface area (TPSA) is 64.3 Å². The Morgan fingerprint density at radius 2 is 2.22 bits per heavy atom. The minimum absolute atomic E-state index is 0.236. The fourth-order valence-corrected chi connectivity index (χ4v) is 1.89. The predicted octanol–water partition coefficient (Wildman–Crippen LogP) is 1.50. The van der Waals surface area contributed by atoms with E-state index in [-0.39, 0.29) is 5.91 Å². The van der Waals surface area contributed by atoms with Crippen molar-refractivity contribution in [2.24, 2.45) is 5.73 Å². The van der Waals surface area contributed by atoms with Gasteiger partial charge in [-0.3, -0.25) is 4.79 Å². The van der Waals surface area contributed by atoms with Crippen molar-refractivity contribution in [1.29, 1.82) is 0 Å². The summed E-state index contributed by atoms with van der Waals surface area (Å²) in [6.45, 7) is 1.71. The highest BCUT2D eigenvalue weighted by atomic mass is 19.1. The van der Waals surface area contributed by atoms with Gasteiger partial charge in [0.15, 0.2) is 0 Å². The summed E-state index contributed by atoms with van der Waals surface area (Å²) >= 11 is 0. The van der Waals surface area contributed by atoms with Gasteiger partial charge in [-0.05, 0) is 31.9 Å². The summed E-state index contributed by atoms with van der Waals surface area (Å²) in [4.78, 5) is 11.8. The molecule has 1 aliphatic rings. The van der Waals surface area contributed by atoms with Crippen molar-refractivity contribution in [3.8, 4) is 5.75 Å². The second-order valence-corrected chi connectivity index (χ2v) is 4.71. The van der Waals surface area contributed by atoms with Crippen molar-refractivity contribution in [3.63, 3.8) is 0 Å². The zero-order chi connectivity index (χ0) is 13.3. The van der Waals surface area contributed by atoms with Crippen molar-refractivity contribution in [1.82, 2.24) is 5.32 Å². The fraction of sp³-hybridized carbons (Fsp3) is 0.462. The van der Waals surface area contributed by atoms with Crippen LogP contribution < -0.4 is 15.8 Å². The molecule has 0 bridgehead atoms. The van der Waals surface area contributed by atoms with Crippen molar-refractivity contribution in [3.05, 3.63) is 29.6 Å². The molecule has 0 aliphatic heterocycles. The second kappa shape index (κ2) is 4.57. The van der Waals surface area contributed by atoms with Crippen LogP contribution in [0.3, 0.4) is 0 Å². The number of methoxy groups -OCH3 is 1. The van der Waals surface area contributed by atoms with E-state index in [4.69, 9.17) is 10.5 Å². The summed E-state index contributed by atoms with van der Waals surface area (Å²) < 4.78 is 18.9. The molecule has 1 aromatic rings. The highest BCUT2D eigenvalue weighted by Gasteiger charge is 2.46. The van der Waals surface area contributed by atoms with Crippen molar-refractivity contribution < 1.29 is 13.9 Å². The molecule has 0 saturated heterocycles. The lowest BCUT2D eigenvalue weighted by molar-refractivity contribution is -0.123. The number of rotatable bonds is 4. The molecule has 3 N–H and O–H groups in total. The van der Waals surface area contributed by atoms with Gasteiger partial charge in [0.25, 0.3) is 0 Å². The van der Waals surface area contributed by atoms with Crippen molar-refractivity contribution >= 4 is 5.91 Å². The Morgan fingerprint density at radius 1 is 1.56 bits per heavy atom. The number of hydrogen-bond acceptors (Lipinski definition) is 3. The van der Waals surface area contributed by atoms with Crippen LogP contribution in [0.2, 0.25) is 0 Å². The smallest absolute Gasteiger partial charge is 0.240 e. The minimum atomic E-state index is -0.757. The van der Waals surface area contributed by atoms with E-state index < -0.39 is 17.4 Å². The Labute approximate surface area is 105 Å². The summed E-state index contributed by atoms with van der Waals surface area (Å²) in [6, 6.07) is 4.10. The highest BCUT2D eigenvalue weighted by molar-refractivity contribution is 5.89. The summed E-state index contributed by atoms with van der Waals surface area (Å²) in [5.41, 5.74) is 5.38. The van der Waals surface area contributed by atoms with E-state index in [1.54, 1.807) is 19.1 Å². The number of benzene rings is 1. The zero-order valence-corrected chi connectivity index (χ0v) is 10.5. The van der Waals surface area contributed by atoms with Gasteiger partial charge in [-0.25, -0.2) is 4.39 Å². The summed E-state index contributed by atoms with van der Waals surface area (Å²) in [5, 5.41) is 2.73. The average molecular weight is 252 g/mol. The Kier molecular flexibility index (Phi) is 3.26. The molecule has 1 aromatic carbocycles. The molecule has 2 rings (SSSR count). The monoisotopic (exact) mass is 252 g/mol. The number of nitrogens with two attached hydrogens (primary N) is 1. The van der Waals surface area contributed by atoms with Crippen LogP contribution in [0, 0.1) is 5.82 Å². The molecular weight excluding hydrogens is 235 g/mol. The molecule has 4 nitrogen and oxygen atoms in total. The van der Waals surface area contributed by atoms with Gasteiger partial charge in [-0.1, -0.05) is 6.07 Å². The van der Waals surface area contributed by atoms with Gasteiger partial charge < -0.3 is 15.8 Å². The number of nitrogens with one attached hydrogen (secondary N) is 1. The maximum atomic E-state index is 13.8. The Bertz CT molecular complexity index is 472. The van der Waals surface area contributed by atoms with Crippen molar-refractivity contribution in [2.45, 2.75) is 31.3 Å². The molecule has 1 aliphatic carbocycles. The first kappa shape index (κ1) is 12.8. The number of ether oxygens (including phenoxy) is 1. The Hall–Kier alpha value is -1.62. The predicted molar refractivity (Wildman–Crippen MR) is 65.7 cm³/mol. The number of hydrogen-bond donors (Lipinski definition) is 2. The summed E-state index contributed by atoms with van der Waals surface area (Å²) in [5.74, 6) is -0.214. The van der Waals surface area contributed by atoms with Gasteiger partial charge in [0.1, 0.15) is 11.6 Å². The van der Waals surface area contributed by atoms with Crippen molar-refractivity contribution in [2.75, 3.05) is 7.11 Å². The quantitative estimate of drug-likeness (QED) is 0.853. The molecule has 1 amide bonds. The second-order valence-electron chi connectivity index (χ2n) is 4.71. The first-order valence-electron chi connectivity index (χ1n) is 5.90. The third-order valence-electron chi connectivity index (χ3n) is 3.25. The maximum Gasteiger partial charge on any atom is 0.240 e. The first-order valence-corrected chi connectivity index (χ1v) is 5.90.